The summed E-state index contributed by atoms with van der Waals surface area (Å²) >= 11 is 0. The summed E-state index contributed by atoms with van der Waals surface area (Å²) in [6, 6.07) is 3.51. The van der Waals surface area contributed by atoms with E-state index < -0.39 is 0 Å². The Hall–Kier alpha value is -0.0800. The van der Waals surface area contributed by atoms with E-state index in [4.69, 9.17) is 0 Å². The lowest BCUT2D eigenvalue weighted by molar-refractivity contribution is 0.0316. The molecule has 2 aliphatic heterocycles. The minimum atomic E-state index is 0.609. The van der Waals surface area contributed by atoms with Crippen molar-refractivity contribution in [3.05, 3.63) is 0 Å². The van der Waals surface area contributed by atoms with Gasteiger partial charge in [0.05, 0.1) is 0 Å². The van der Waals surface area contributed by atoms with Crippen molar-refractivity contribution in [1.82, 2.24) is 10.2 Å². The van der Waals surface area contributed by atoms with Gasteiger partial charge in [-0.15, -0.1) is 0 Å². The van der Waals surface area contributed by atoms with E-state index >= 15 is 0 Å². The van der Waals surface area contributed by atoms with Crippen molar-refractivity contribution in [2.75, 3.05) is 6.54 Å². The third kappa shape index (κ3) is 2.85. The molecule has 2 bridgehead atoms. The third-order valence-corrected chi connectivity index (χ3v) is 6.01. The van der Waals surface area contributed by atoms with E-state index in [0.717, 1.165) is 30.7 Å². The van der Waals surface area contributed by atoms with Gasteiger partial charge >= 0.3 is 0 Å². The first-order valence-corrected chi connectivity index (χ1v) is 8.60. The lowest BCUT2D eigenvalue weighted by Crippen LogP contribution is -2.54. The van der Waals surface area contributed by atoms with E-state index in [-0.39, 0.29) is 0 Å². The van der Waals surface area contributed by atoms with Crippen LogP contribution in [0.2, 0.25) is 0 Å². The molecule has 110 valence electrons. The first kappa shape index (κ1) is 13.9. The quantitative estimate of drug-likeness (QED) is 0.838. The molecular formula is C17H32N2. The van der Waals surface area contributed by atoms with E-state index in [9.17, 15) is 0 Å². The van der Waals surface area contributed by atoms with E-state index in [1.165, 1.54) is 51.4 Å². The van der Waals surface area contributed by atoms with E-state index in [1.807, 2.05) is 0 Å². The molecule has 0 spiro atoms. The smallest absolute Gasteiger partial charge is 0.0116 e. The number of hydrogen-bond donors (Lipinski definition) is 1. The Morgan fingerprint density at radius 3 is 2.05 bits per heavy atom. The molecule has 0 radical (unpaired) electrons. The highest BCUT2D eigenvalue weighted by Gasteiger charge is 2.44. The van der Waals surface area contributed by atoms with Crippen molar-refractivity contribution in [1.29, 1.82) is 0 Å². The summed E-state index contributed by atoms with van der Waals surface area (Å²) in [4.78, 5) is 2.96. The van der Waals surface area contributed by atoms with Gasteiger partial charge in [0.15, 0.2) is 0 Å². The monoisotopic (exact) mass is 264 g/mol. The molecule has 1 saturated carbocycles. The van der Waals surface area contributed by atoms with Crippen LogP contribution in [0.3, 0.4) is 0 Å². The first-order chi connectivity index (χ1) is 9.09. The van der Waals surface area contributed by atoms with Crippen LogP contribution in [0.15, 0.2) is 0 Å². The van der Waals surface area contributed by atoms with Gasteiger partial charge in [-0.1, -0.05) is 20.8 Å². The van der Waals surface area contributed by atoms with Gasteiger partial charge in [0.2, 0.25) is 0 Å². The molecule has 2 heteroatoms. The van der Waals surface area contributed by atoms with Crippen LogP contribution in [0.1, 0.15) is 72.1 Å². The minimum absolute atomic E-state index is 0.609. The minimum Gasteiger partial charge on any atom is -0.314 e. The fraction of sp³-hybridized carbons (Fsp3) is 1.00. The zero-order valence-corrected chi connectivity index (χ0v) is 13.1. The van der Waals surface area contributed by atoms with Gasteiger partial charge < -0.3 is 5.32 Å². The molecule has 1 N–H and O–H groups in total. The Morgan fingerprint density at radius 1 is 0.947 bits per heavy atom. The van der Waals surface area contributed by atoms with Crippen LogP contribution in [0.25, 0.3) is 0 Å². The van der Waals surface area contributed by atoms with E-state index in [1.54, 1.807) is 0 Å². The van der Waals surface area contributed by atoms with Crippen molar-refractivity contribution in [3.8, 4) is 0 Å². The van der Waals surface area contributed by atoms with Crippen molar-refractivity contribution >= 4 is 0 Å². The largest absolute Gasteiger partial charge is 0.314 e. The van der Waals surface area contributed by atoms with Gasteiger partial charge in [-0.2, -0.15) is 0 Å². The molecule has 0 amide bonds. The number of nitrogens with one attached hydrogen (secondary N) is 1. The van der Waals surface area contributed by atoms with Crippen molar-refractivity contribution in [3.63, 3.8) is 0 Å². The maximum absolute atomic E-state index is 3.70. The maximum atomic E-state index is 3.70. The molecular weight excluding hydrogens is 232 g/mol. The zero-order chi connectivity index (χ0) is 13.5. The van der Waals surface area contributed by atoms with Gasteiger partial charge in [-0.3, -0.25) is 4.90 Å². The molecule has 2 saturated heterocycles. The fourth-order valence-electron chi connectivity index (χ4n) is 4.95. The molecule has 0 aromatic carbocycles. The molecule has 2 nitrogen and oxygen atoms in total. The highest BCUT2D eigenvalue weighted by Crippen LogP contribution is 2.43. The lowest BCUT2D eigenvalue weighted by atomic mass is 9.74. The maximum Gasteiger partial charge on any atom is 0.0116 e. The molecule has 3 fully saturated rings. The predicted molar refractivity (Wildman–Crippen MR) is 81.4 cm³/mol. The molecule has 0 aromatic rings. The Morgan fingerprint density at radius 2 is 1.53 bits per heavy atom. The highest BCUT2D eigenvalue weighted by molar-refractivity contribution is 5.01. The molecule has 3 aliphatic rings. The molecule has 0 aromatic heterocycles. The first-order valence-electron chi connectivity index (χ1n) is 8.60. The van der Waals surface area contributed by atoms with Gasteiger partial charge in [-0.05, 0) is 63.3 Å². The summed E-state index contributed by atoms with van der Waals surface area (Å²) in [7, 11) is 0. The van der Waals surface area contributed by atoms with Crippen molar-refractivity contribution in [2.45, 2.75) is 96.3 Å². The molecule has 2 heterocycles. The number of fused-ring (bicyclic) bond motifs is 2. The summed E-state index contributed by atoms with van der Waals surface area (Å²) in [6.45, 7) is 8.30. The second-order valence-corrected chi connectivity index (χ2v) is 7.95. The van der Waals surface area contributed by atoms with Crippen LogP contribution in [-0.4, -0.2) is 35.6 Å². The van der Waals surface area contributed by atoms with Crippen LogP contribution in [0.5, 0.6) is 0 Å². The third-order valence-electron chi connectivity index (χ3n) is 6.01. The second-order valence-electron chi connectivity index (χ2n) is 7.95. The molecule has 19 heavy (non-hydrogen) atoms. The average Bonchev–Trinajstić information content (AvgIpc) is 2.63. The average molecular weight is 264 g/mol. The SMILES string of the molecule is CCNC1CC2CCC(C1)N2C1CCC(C)(C)CC1. The summed E-state index contributed by atoms with van der Waals surface area (Å²) in [6.07, 6.45) is 11.5. The molecule has 1 aliphatic carbocycles. The second kappa shape index (κ2) is 5.37. The Bertz CT molecular complexity index is 288. The summed E-state index contributed by atoms with van der Waals surface area (Å²) < 4.78 is 0. The topological polar surface area (TPSA) is 15.3 Å². The predicted octanol–water partition coefficient (Wildman–Crippen LogP) is 3.56. The number of hydrogen-bond acceptors (Lipinski definition) is 2. The van der Waals surface area contributed by atoms with Crippen molar-refractivity contribution < 1.29 is 0 Å². The van der Waals surface area contributed by atoms with Crippen molar-refractivity contribution in [2.24, 2.45) is 5.41 Å². The van der Waals surface area contributed by atoms with E-state index in [0.29, 0.717) is 5.41 Å². The standard InChI is InChI=1S/C17H32N2/c1-4-18-13-11-15-5-6-16(12-13)19(15)14-7-9-17(2,3)10-8-14/h13-16,18H,4-12H2,1-3H3. The van der Waals surface area contributed by atoms with Crippen LogP contribution in [0, 0.1) is 5.41 Å². The van der Waals surface area contributed by atoms with E-state index in [2.05, 4.69) is 31.0 Å². The summed E-state index contributed by atoms with van der Waals surface area (Å²) in [5, 5.41) is 3.70. The fourth-order valence-corrected chi connectivity index (χ4v) is 4.95. The summed E-state index contributed by atoms with van der Waals surface area (Å²) in [5.41, 5.74) is 0.609. The van der Waals surface area contributed by atoms with Gasteiger partial charge in [0, 0.05) is 24.2 Å². The molecule has 3 rings (SSSR count). The van der Waals surface area contributed by atoms with Gasteiger partial charge in [-0.25, -0.2) is 0 Å². The van der Waals surface area contributed by atoms with Crippen LogP contribution >= 0.6 is 0 Å². The van der Waals surface area contributed by atoms with Gasteiger partial charge in [0.1, 0.15) is 0 Å². The highest BCUT2D eigenvalue weighted by atomic mass is 15.3. The van der Waals surface area contributed by atoms with Crippen LogP contribution < -0.4 is 5.32 Å². The zero-order valence-electron chi connectivity index (χ0n) is 13.1. The van der Waals surface area contributed by atoms with Crippen LogP contribution in [-0.2, 0) is 0 Å². The molecule has 2 atom stereocenters. The molecule has 2 unspecified atom stereocenters. The normalized spacial score (nSPS) is 39.6. The lowest BCUT2D eigenvalue weighted by Gasteiger charge is -2.47. The number of piperidine rings is 1. The Labute approximate surface area is 119 Å². The number of rotatable bonds is 3. The Balaban J connectivity index is 1.61. The number of nitrogens with zero attached hydrogens (tertiary/aromatic N) is 1. The van der Waals surface area contributed by atoms with Crippen LogP contribution in [0.4, 0.5) is 0 Å². The Kier molecular flexibility index (Phi) is 3.92. The van der Waals surface area contributed by atoms with Gasteiger partial charge in [0.25, 0.3) is 0 Å². The summed E-state index contributed by atoms with van der Waals surface area (Å²) in [5.74, 6) is 0.